The zero-order valence-electron chi connectivity index (χ0n) is 20.4. The van der Waals surface area contributed by atoms with Crippen LogP contribution in [0.25, 0.3) is 5.57 Å². The molecule has 0 atom stereocenters. The molecule has 2 aromatic carbocycles. The average Bonchev–Trinajstić information content (AvgIpc) is 3.68. The fourth-order valence-electron chi connectivity index (χ4n) is 5.03. The molecule has 0 spiro atoms. The van der Waals surface area contributed by atoms with E-state index in [1.165, 1.54) is 23.5 Å². The van der Waals surface area contributed by atoms with Gasteiger partial charge in [-0.3, -0.25) is 0 Å². The van der Waals surface area contributed by atoms with Crippen LogP contribution >= 0.6 is 22.9 Å². The van der Waals surface area contributed by atoms with E-state index in [2.05, 4.69) is 29.6 Å². The van der Waals surface area contributed by atoms with Crippen molar-refractivity contribution in [3.63, 3.8) is 0 Å². The van der Waals surface area contributed by atoms with Gasteiger partial charge >= 0.3 is 6.18 Å². The number of hydrogen-bond donors (Lipinski definition) is 1. The Morgan fingerprint density at radius 2 is 1.95 bits per heavy atom. The predicted molar refractivity (Wildman–Crippen MR) is 144 cm³/mol. The van der Waals surface area contributed by atoms with Crippen LogP contribution in [-0.2, 0) is 12.6 Å². The van der Waals surface area contributed by atoms with Crippen LogP contribution in [0.3, 0.4) is 0 Å². The van der Waals surface area contributed by atoms with Gasteiger partial charge in [0.1, 0.15) is 0 Å². The lowest BCUT2D eigenvalue weighted by atomic mass is 9.96. The number of hydrogen-bond acceptors (Lipinski definition) is 7. The highest BCUT2D eigenvalue weighted by atomic mass is 35.5. The minimum atomic E-state index is -4.59. The SMILES string of the molecule is Oc1nc(N2CCC(n3ccnc3)CC2)sc1C(Cc1ccc(Cl)cc1C(F)(F)F)=c1ccc2c(c1)C=NN=2. The number of nitrogens with zero attached hydrogens (tertiary/aromatic N) is 6. The number of aromatic hydroxyl groups is 1. The van der Waals surface area contributed by atoms with E-state index in [0.29, 0.717) is 32.2 Å². The molecule has 12 heteroatoms. The Morgan fingerprint density at radius 1 is 1.13 bits per heavy atom. The van der Waals surface area contributed by atoms with Gasteiger partial charge in [0.05, 0.1) is 28.3 Å². The summed E-state index contributed by atoms with van der Waals surface area (Å²) in [5.41, 5.74) is 0.524. The van der Waals surface area contributed by atoms with Gasteiger partial charge in [-0.15, -0.1) is 0 Å². The van der Waals surface area contributed by atoms with E-state index in [0.717, 1.165) is 37.6 Å². The minimum Gasteiger partial charge on any atom is -0.492 e. The summed E-state index contributed by atoms with van der Waals surface area (Å²) in [4.78, 5) is 11.1. The van der Waals surface area contributed by atoms with Crippen molar-refractivity contribution in [2.24, 2.45) is 10.2 Å². The fraction of sp³-hybridized carbons (Fsp3) is 0.259. The molecule has 39 heavy (non-hydrogen) atoms. The Balaban J connectivity index is 1.40. The number of alkyl halides is 3. The lowest BCUT2D eigenvalue weighted by Gasteiger charge is -2.32. The molecular formula is C27H22ClF3N6OS. The molecule has 2 aliphatic rings. The first kappa shape index (κ1) is 25.6. The molecule has 2 aliphatic heterocycles. The first-order chi connectivity index (χ1) is 18.8. The van der Waals surface area contributed by atoms with Crippen molar-refractivity contribution in [2.45, 2.75) is 31.5 Å². The first-order valence-corrected chi connectivity index (χ1v) is 13.5. The molecule has 0 amide bonds. The molecule has 1 N–H and O–H groups in total. The first-order valence-electron chi connectivity index (χ1n) is 12.3. The second-order valence-electron chi connectivity index (χ2n) is 9.45. The van der Waals surface area contributed by atoms with Crippen LogP contribution in [0.5, 0.6) is 5.88 Å². The Hall–Kier alpha value is -3.70. The van der Waals surface area contributed by atoms with Gasteiger partial charge in [-0.05, 0) is 53.5 Å². The van der Waals surface area contributed by atoms with Gasteiger partial charge in [-0.25, -0.2) is 4.98 Å². The van der Waals surface area contributed by atoms with Crippen molar-refractivity contribution in [2.75, 3.05) is 18.0 Å². The van der Waals surface area contributed by atoms with Crippen molar-refractivity contribution < 1.29 is 18.3 Å². The number of fused-ring (bicyclic) bond motifs is 1. The molecular weight excluding hydrogens is 549 g/mol. The van der Waals surface area contributed by atoms with Crippen LogP contribution in [0, 0.1) is 0 Å². The molecule has 1 saturated heterocycles. The average molecular weight is 571 g/mol. The molecule has 0 saturated carbocycles. The van der Waals surface area contributed by atoms with Crippen LogP contribution < -0.4 is 15.5 Å². The maximum Gasteiger partial charge on any atom is 0.416 e. The van der Waals surface area contributed by atoms with Crippen molar-refractivity contribution in [1.82, 2.24) is 14.5 Å². The van der Waals surface area contributed by atoms with E-state index >= 15 is 0 Å². The zero-order chi connectivity index (χ0) is 27.1. The third kappa shape index (κ3) is 5.16. The van der Waals surface area contributed by atoms with E-state index in [-0.39, 0.29) is 22.9 Å². The maximum absolute atomic E-state index is 14.0. The molecule has 6 rings (SSSR count). The van der Waals surface area contributed by atoms with Gasteiger partial charge in [0.2, 0.25) is 5.88 Å². The van der Waals surface area contributed by atoms with E-state index < -0.39 is 11.7 Å². The van der Waals surface area contributed by atoms with E-state index in [9.17, 15) is 18.3 Å². The van der Waals surface area contributed by atoms with Crippen LogP contribution in [-0.4, -0.2) is 38.9 Å². The molecule has 7 nitrogen and oxygen atoms in total. The Bertz CT molecular complexity index is 1670. The molecule has 0 unspecified atom stereocenters. The number of anilines is 1. The smallest absolute Gasteiger partial charge is 0.416 e. The summed E-state index contributed by atoms with van der Waals surface area (Å²) in [5.74, 6) is -0.205. The van der Waals surface area contributed by atoms with Gasteiger partial charge < -0.3 is 14.6 Å². The molecule has 0 aliphatic carbocycles. The second-order valence-corrected chi connectivity index (χ2v) is 10.9. The minimum absolute atomic E-state index is 0.00463. The number of piperidine rings is 1. The molecule has 200 valence electrons. The van der Waals surface area contributed by atoms with Crippen LogP contribution in [0.2, 0.25) is 5.02 Å². The van der Waals surface area contributed by atoms with Crippen LogP contribution in [0.1, 0.15) is 40.5 Å². The zero-order valence-corrected chi connectivity index (χ0v) is 22.0. The summed E-state index contributed by atoms with van der Waals surface area (Å²) in [6.07, 6.45) is 4.23. The largest absolute Gasteiger partial charge is 0.492 e. The molecule has 0 radical (unpaired) electrons. The third-order valence-electron chi connectivity index (χ3n) is 7.04. The number of halogens is 4. The summed E-state index contributed by atoms with van der Waals surface area (Å²) < 4.78 is 44.0. The Kier molecular flexibility index (Phi) is 6.64. The van der Waals surface area contributed by atoms with E-state index in [1.807, 2.05) is 18.6 Å². The van der Waals surface area contributed by atoms with Crippen molar-refractivity contribution in [3.05, 3.63) is 92.3 Å². The number of rotatable bonds is 5. The summed E-state index contributed by atoms with van der Waals surface area (Å²) in [6.45, 7) is 1.47. The summed E-state index contributed by atoms with van der Waals surface area (Å²) in [6, 6.07) is 9.47. The van der Waals surface area contributed by atoms with Gasteiger partial charge in [0.25, 0.3) is 0 Å². The Labute approximate surface area is 230 Å². The van der Waals surface area contributed by atoms with Crippen LogP contribution in [0.4, 0.5) is 18.3 Å². The molecule has 0 bridgehead atoms. The monoisotopic (exact) mass is 570 g/mol. The van der Waals surface area contributed by atoms with Crippen molar-refractivity contribution in [1.29, 1.82) is 0 Å². The summed E-state index contributed by atoms with van der Waals surface area (Å²) >= 11 is 7.21. The van der Waals surface area contributed by atoms with E-state index in [1.54, 1.807) is 24.5 Å². The lowest BCUT2D eigenvalue weighted by molar-refractivity contribution is -0.138. The fourth-order valence-corrected chi connectivity index (χ4v) is 6.28. The lowest BCUT2D eigenvalue weighted by Crippen LogP contribution is -2.34. The predicted octanol–water partition coefficient (Wildman–Crippen LogP) is 4.97. The topological polar surface area (TPSA) is 78.9 Å². The summed E-state index contributed by atoms with van der Waals surface area (Å²) in [5, 5.41) is 20.9. The van der Waals surface area contributed by atoms with Crippen molar-refractivity contribution >= 4 is 39.9 Å². The highest BCUT2D eigenvalue weighted by molar-refractivity contribution is 7.17. The Morgan fingerprint density at radius 3 is 2.69 bits per heavy atom. The standard InChI is InChI=1S/C27H22ClF3N6OS/c28-19-3-1-17(22(13-19)27(29,30)31)12-21(16-2-4-23-18(11-16)14-33-35-23)24-25(38)34-26(39-24)36-8-5-20(6-9-36)37-10-7-32-15-37/h1-4,7,10-11,13-15,20,38H,5-6,8-9,12H2. The van der Waals surface area contributed by atoms with Crippen molar-refractivity contribution in [3.8, 4) is 5.88 Å². The molecule has 4 heterocycles. The third-order valence-corrected chi connectivity index (χ3v) is 8.44. The number of imidazole rings is 1. The normalized spacial score (nSPS) is 16.4. The maximum atomic E-state index is 14.0. The molecule has 1 fully saturated rings. The number of benzene rings is 2. The van der Waals surface area contributed by atoms with Gasteiger partial charge in [0.15, 0.2) is 5.13 Å². The highest BCUT2D eigenvalue weighted by Gasteiger charge is 2.34. The van der Waals surface area contributed by atoms with Gasteiger partial charge in [-0.2, -0.15) is 28.4 Å². The van der Waals surface area contributed by atoms with Gasteiger partial charge in [0, 0.05) is 48.5 Å². The molecule has 2 aromatic heterocycles. The number of thiazole rings is 1. The number of aromatic nitrogens is 3. The van der Waals surface area contributed by atoms with Crippen LogP contribution in [0.15, 0.2) is 65.3 Å². The van der Waals surface area contributed by atoms with Gasteiger partial charge in [-0.1, -0.05) is 35.1 Å². The molecule has 4 aromatic rings. The van der Waals surface area contributed by atoms with E-state index in [4.69, 9.17) is 11.6 Å². The second kappa shape index (κ2) is 10.1. The summed E-state index contributed by atoms with van der Waals surface area (Å²) in [7, 11) is 0. The highest BCUT2D eigenvalue weighted by Crippen LogP contribution is 2.40. The quantitative estimate of drug-likeness (QED) is 0.368.